The van der Waals surface area contributed by atoms with E-state index in [4.69, 9.17) is 0 Å². The number of nitrogens with zero attached hydrogens (tertiary/aromatic N) is 2. The van der Waals surface area contributed by atoms with Crippen molar-refractivity contribution in [1.82, 2.24) is 10.2 Å². The molecular formula is C18H33N3. The van der Waals surface area contributed by atoms with Gasteiger partial charge in [-0.25, -0.2) is 0 Å². The third-order valence-corrected chi connectivity index (χ3v) is 5.52. The summed E-state index contributed by atoms with van der Waals surface area (Å²) in [4.78, 5) is 2.77. The van der Waals surface area contributed by atoms with Crippen molar-refractivity contribution in [1.29, 1.82) is 5.26 Å². The second-order valence-corrected chi connectivity index (χ2v) is 7.02. The van der Waals surface area contributed by atoms with Crippen molar-refractivity contribution in [2.45, 2.75) is 95.7 Å². The summed E-state index contributed by atoms with van der Waals surface area (Å²) in [7, 11) is 0. The zero-order valence-electron chi connectivity index (χ0n) is 14.0. The molecule has 3 unspecified atom stereocenters. The van der Waals surface area contributed by atoms with E-state index in [1.807, 2.05) is 0 Å². The molecule has 0 aromatic heterocycles. The molecule has 0 spiro atoms. The third kappa shape index (κ3) is 4.20. The van der Waals surface area contributed by atoms with Crippen LogP contribution in [0.1, 0.15) is 78.1 Å². The second-order valence-electron chi connectivity index (χ2n) is 7.02. The number of likely N-dealkylation sites (tertiary alicyclic amines) is 1. The van der Waals surface area contributed by atoms with Gasteiger partial charge in [-0.1, -0.05) is 26.7 Å². The average molecular weight is 291 g/mol. The average Bonchev–Trinajstić information content (AvgIpc) is 2.78. The van der Waals surface area contributed by atoms with E-state index in [2.05, 4.69) is 30.1 Å². The number of hydrogen-bond acceptors (Lipinski definition) is 3. The molecule has 2 rings (SSSR count). The van der Waals surface area contributed by atoms with Crippen LogP contribution in [0.3, 0.4) is 0 Å². The number of rotatable bonds is 5. The lowest BCUT2D eigenvalue weighted by Crippen LogP contribution is -2.54. The summed E-state index contributed by atoms with van der Waals surface area (Å²) in [6.45, 7) is 6.73. The minimum absolute atomic E-state index is 0.260. The molecule has 1 saturated carbocycles. The molecule has 3 heteroatoms. The molecule has 0 bridgehead atoms. The Labute approximate surface area is 131 Å². The van der Waals surface area contributed by atoms with Gasteiger partial charge >= 0.3 is 0 Å². The lowest BCUT2D eigenvalue weighted by atomic mass is 9.78. The Balaban J connectivity index is 2.06. The third-order valence-electron chi connectivity index (χ3n) is 5.52. The summed E-state index contributed by atoms with van der Waals surface area (Å²) in [5.41, 5.74) is -0.260. The lowest BCUT2D eigenvalue weighted by molar-refractivity contribution is 0.0792. The van der Waals surface area contributed by atoms with Gasteiger partial charge in [0.25, 0.3) is 0 Å². The molecule has 3 nitrogen and oxygen atoms in total. The minimum Gasteiger partial charge on any atom is -0.299 e. The fourth-order valence-corrected chi connectivity index (χ4v) is 4.31. The fourth-order valence-electron chi connectivity index (χ4n) is 4.31. The van der Waals surface area contributed by atoms with Gasteiger partial charge in [0.15, 0.2) is 0 Å². The molecule has 1 N–H and O–H groups in total. The van der Waals surface area contributed by atoms with E-state index in [0.717, 1.165) is 31.8 Å². The highest BCUT2D eigenvalue weighted by Gasteiger charge is 2.39. The highest BCUT2D eigenvalue weighted by Crippen LogP contribution is 2.34. The minimum atomic E-state index is -0.260. The van der Waals surface area contributed by atoms with E-state index < -0.39 is 0 Å². The van der Waals surface area contributed by atoms with Crippen LogP contribution in [0.15, 0.2) is 0 Å². The molecule has 1 saturated heterocycles. The van der Waals surface area contributed by atoms with E-state index >= 15 is 0 Å². The Kier molecular flexibility index (Phi) is 6.51. The monoisotopic (exact) mass is 291 g/mol. The highest BCUT2D eigenvalue weighted by molar-refractivity contribution is 5.11. The van der Waals surface area contributed by atoms with E-state index in [9.17, 15) is 5.26 Å². The van der Waals surface area contributed by atoms with Gasteiger partial charge in [-0.3, -0.25) is 10.2 Å². The smallest absolute Gasteiger partial charge is 0.108 e. The van der Waals surface area contributed by atoms with Crippen LogP contribution < -0.4 is 5.32 Å². The zero-order chi connectivity index (χ0) is 15.1. The van der Waals surface area contributed by atoms with Crippen LogP contribution in [0.4, 0.5) is 0 Å². The van der Waals surface area contributed by atoms with Crippen LogP contribution in [0.25, 0.3) is 0 Å². The first kappa shape index (κ1) is 16.8. The molecule has 2 fully saturated rings. The van der Waals surface area contributed by atoms with E-state index in [-0.39, 0.29) is 5.54 Å². The normalized spacial score (nSPS) is 35.1. The Bertz CT molecular complexity index is 349. The van der Waals surface area contributed by atoms with Crippen molar-refractivity contribution in [3.05, 3.63) is 0 Å². The molecule has 0 amide bonds. The van der Waals surface area contributed by atoms with Crippen LogP contribution in [-0.2, 0) is 0 Å². The summed E-state index contributed by atoms with van der Waals surface area (Å²) < 4.78 is 0. The molecule has 1 heterocycles. The van der Waals surface area contributed by atoms with Gasteiger partial charge in [-0.05, 0) is 64.5 Å². The van der Waals surface area contributed by atoms with Crippen LogP contribution in [-0.4, -0.2) is 35.6 Å². The molecular weight excluding hydrogens is 258 g/mol. The van der Waals surface area contributed by atoms with E-state index in [1.165, 1.54) is 51.5 Å². The first-order valence-corrected chi connectivity index (χ1v) is 9.16. The Hall–Kier alpha value is -0.590. The quantitative estimate of drug-likeness (QED) is 0.836. The Morgan fingerprint density at radius 1 is 1.19 bits per heavy atom. The summed E-state index contributed by atoms with van der Waals surface area (Å²) in [6.07, 6.45) is 12.4. The highest BCUT2D eigenvalue weighted by atomic mass is 15.2. The molecule has 21 heavy (non-hydrogen) atoms. The van der Waals surface area contributed by atoms with Crippen molar-refractivity contribution in [3.63, 3.8) is 0 Å². The SMILES string of the molecule is CCCNC1(C#N)CCCC(N2CCCCCC2CC)C1. The standard InChI is InChI=1S/C18H33N3/c1-3-12-20-18(15-19)11-8-10-17(14-18)21-13-7-5-6-9-16(21)4-2/h16-17,20H,3-14H2,1-2H3. The maximum atomic E-state index is 9.73. The predicted molar refractivity (Wildman–Crippen MR) is 88.1 cm³/mol. The van der Waals surface area contributed by atoms with Gasteiger partial charge in [0, 0.05) is 12.1 Å². The van der Waals surface area contributed by atoms with Crippen LogP contribution in [0.5, 0.6) is 0 Å². The Morgan fingerprint density at radius 2 is 2.05 bits per heavy atom. The van der Waals surface area contributed by atoms with E-state index in [1.54, 1.807) is 0 Å². The number of nitriles is 1. The second kappa shape index (κ2) is 8.15. The maximum absolute atomic E-state index is 9.73. The molecule has 3 atom stereocenters. The van der Waals surface area contributed by atoms with Crippen LogP contribution >= 0.6 is 0 Å². The molecule has 120 valence electrons. The van der Waals surface area contributed by atoms with Crippen molar-refractivity contribution < 1.29 is 0 Å². The summed E-state index contributed by atoms with van der Waals surface area (Å²) >= 11 is 0. The van der Waals surface area contributed by atoms with Crippen molar-refractivity contribution >= 4 is 0 Å². The van der Waals surface area contributed by atoms with Gasteiger partial charge < -0.3 is 0 Å². The fraction of sp³-hybridized carbons (Fsp3) is 0.944. The molecule has 1 aliphatic carbocycles. The van der Waals surface area contributed by atoms with Gasteiger partial charge in [-0.15, -0.1) is 0 Å². The molecule has 0 aromatic rings. The number of hydrogen-bond donors (Lipinski definition) is 1. The predicted octanol–water partition coefficient (Wildman–Crippen LogP) is 3.85. The molecule has 0 aromatic carbocycles. The van der Waals surface area contributed by atoms with Crippen LogP contribution in [0, 0.1) is 11.3 Å². The topological polar surface area (TPSA) is 39.1 Å². The van der Waals surface area contributed by atoms with Crippen LogP contribution in [0.2, 0.25) is 0 Å². The molecule has 0 radical (unpaired) electrons. The van der Waals surface area contributed by atoms with Gasteiger partial charge in [0.2, 0.25) is 0 Å². The zero-order valence-corrected chi connectivity index (χ0v) is 14.0. The van der Waals surface area contributed by atoms with E-state index in [0.29, 0.717) is 6.04 Å². The largest absolute Gasteiger partial charge is 0.299 e. The summed E-state index contributed by atoms with van der Waals surface area (Å²) in [6, 6.07) is 4.00. The van der Waals surface area contributed by atoms with Gasteiger partial charge in [0.1, 0.15) is 5.54 Å². The van der Waals surface area contributed by atoms with Crippen molar-refractivity contribution in [2.75, 3.05) is 13.1 Å². The molecule has 2 aliphatic rings. The first-order valence-electron chi connectivity index (χ1n) is 9.16. The van der Waals surface area contributed by atoms with Gasteiger partial charge in [-0.2, -0.15) is 5.26 Å². The lowest BCUT2D eigenvalue weighted by Gasteiger charge is -2.44. The Morgan fingerprint density at radius 3 is 2.76 bits per heavy atom. The van der Waals surface area contributed by atoms with Crippen molar-refractivity contribution in [2.24, 2.45) is 0 Å². The van der Waals surface area contributed by atoms with Crippen molar-refractivity contribution in [3.8, 4) is 6.07 Å². The summed E-state index contributed by atoms with van der Waals surface area (Å²) in [5, 5.41) is 13.3. The first-order chi connectivity index (χ1) is 10.2. The molecule has 1 aliphatic heterocycles. The summed E-state index contributed by atoms with van der Waals surface area (Å²) in [5.74, 6) is 0. The van der Waals surface area contributed by atoms with Gasteiger partial charge in [0.05, 0.1) is 6.07 Å². The number of nitrogens with one attached hydrogen (secondary N) is 1. The maximum Gasteiger partial charge on any atom is 0.108 e.